The topological polar surface area (TPSA) is 68.7 Å². The second-order valence-electron chi connectivity index (χ2n) is 10.7. The molecule has 1 aliphatic rings. The van der Waals surface area contributed by atoms with Crippen molar-refractivity contribution in [1.82, 2.24) is 20.1 Å². The summed E-state index contributed by atoms with van der Waals surface area (Å²) in [6.07, 6.45) is -8.42. The Morgan fingerprint density at radius 1 is 0.857 bits per heavy atom. The third-order valence-electron chi connectivity index (χ3n) is 7.26. The Balaban J connectivity index is 1.48. The molecule has 3 aromatic rings. The first-order valence-electron chi connectivity index (χ1n) is 13.4. The van der Waals surface area contributed by atoms with Gasteiger partial charge in [-0.2, -0.15) is 26.3 Å². The zero-order valence-electron chi connectivity index (χ0n) is 23.1. The minimum atomic E-state index is -5.94. The van der Waals surface area contributed by atoms with E-state index in [9.17, 15) is 36.2 Å². The first-order valence-corrected chi connectivity index (χ1v) is 13.4. The molecule has 12 heteroatoms. The number of nitrogens with one attached hydrogen (secondary N) is 1. The smallest absolute Gasteiger partial charge is 0.369 e. The summed E-state index contributed by atoms with van der Waals surface area (Å²) in [5.74, 6) is -0.0705. The van der Waals surface area contributed by atoms with Crippen LogP contribution in [0.2, 0.25) is 0 Å². The van der Waals surface area contributed by atoms with Gasteiger partial charge >= 0.3 is 12.4 Å². The van der Waals surface area contributed by atoms with Gasteiger partial charge < -0.3 is 10.4 Å². The average molecular weight is 595 g/mol. The Kier molecular flexibility index (Phi) is 9.29. The number of carbonyl (C=O) groups excluding carboxylic acids is 1. The van der Waals surface area contributed by atoms with Crippen LogP contribution in [0.15, 0.2) is 73.1 Å². The van der Waals surface area contributed by atoms with Crippen molar-refractivity contribution >= 4 is 5.91 Å². The van der Waals surface area contributed by atoms with Crippen molar-refractivity contribution in [3.05, 3.63) is 89.7 Å². The highest BCUT2D eigenvalue weighted by molar-refractivity contribution is 5.82. The van der Waals surface area contributed by atoms with Gasteiger partial charge in [0.2, 0.25) is 5.91 Å². The summed E-state index contributed by atoms with van der Waals surface area (Å²) < 4.78 is 79.2. The van der Waals surface area contributed by atoms with E-state index in [-0.39, 0.29) is 11.9 Å². The molecule has 2 heterocycles. The lowest BCUT2D eigenvalue weighted by molar-refractivity contribution is -0.376. The number of benzene rings is 2. The minimum Gasteiger partial charge on any atom is -0.369 e. The van der Waals surface area contributed by atoms with Gasteiger partial charge in [0.15, 0.2) is 0 Å². The Morgan fingerprint density at radius 2 is 1.38 bits per heavy atom. The number of alkyl halides is 6. The molecule has 1 fully saturated rings. The molecule has 1 amide bonds. The van der Waals surface area contributed by atoms with Crippen LogP contribution in [0.1, 0.15) is 30.5 Å². The van der Waals surface area contributed by atoms with E-state index in [0.717, 1.165) is 29.8 Å². The summed E-state index contributed by atoms with van der Waals surface area (Å²) in [6, 6.07) is 14.0. The number of hydrogen-bond acceptors (Lipinski definition) is 5. The van der Waals surface area contributed by atoms with Crippen LogP contribution < -0.4 is 5.32 Å². The Hall–Kier alpha value is -3.48. The molecule has 0 saturated carbocycles. The quantitative estimate of drug-likeness (QED) is 0.348. The maximum Gasteiger partial charge on any atom is 0.430 e. The average Bonchev–Trinajstić information content (AvgIpc) is 2.93. The highest BCUT2D eigenvalue weighted by atomic mass is 19.4. The minimum absolute atomic E-state index is 0.0242. The van der Waals surface area contributed by atoms with E-state index >= 15 is 0 Å². The molecular weight excluding hydrogens is 562 g/mol. The third kappa shape index (κ3) is 6.93. The number of carbonyl (C=O) groups is 1. The van der Waals surface area contributed by atoms with E-state index in [0.29, 0.717) is 49.4 Å². The SMILES string of the molecule is CC(C)NC(=O)C1CN(Cc2ccncc2)CCN1Cc1ccc(-c2ccc(C(O)(C(F)(F)F)C(F)(F)F)cc2)cc1. The highest BCUT2D eigenvalue weighted by Gasteiger charge is 2.71. The molecule has 1 atom stereocenters. The molecule has 2 aromatic carbocycles. The van der Waals surface area contributed by atoms with Gasteiger partial charge in [0.25, 0.3) is 5.60 Å². The number of aromatic nitrogens is 1. The molecule has 1 saturated heterocycles. The van der Waals surface area contributed by atoms with Crippen molar-refractivity contribution in [2.75, 3.05) is 19.6 Å². The predicted molar refractivity (Wildman–Crippen MR) is 145 cm³/mol. The summed E-state index contributed by atoms with van der Waals surface area (Å²) in [7, 11) is 0. The zero-order chi connectivity index (χ0) is 30.7. The molecule has 1 unspecified atom stereocenters. The van der Waals surface area contributed by atoms with Crippen molar-refractivity contribution in [1.29, 1.82) is 0 Å². The Morgan fingerprint density at radius 3 is 1.90 bits per heavy atom. The number of aliphatic hydroxyl groups is 1. The van der Waals surface area contributed by atoms with Crippen molar-refractivity contribution in [3.8, 4) is 11.1 Å². The number of amides is 1. The van der Waals surface area contributed by atoms with Gasteiger partial charge in [0, 0.05) is 56.7 Å². The van der Waals surface area contributed by atoms with E-state index in [2.05, 4.69) is 20.1 Å². The van der Waals surface area contributed by atoms with Crippen molar-refractivity contribution < 1.29 is 36.2 Å². The Bertz CT molecular complexity index is 1320. The molecule has 2 N–H and O–H groups in total. The predicted octanol–water partition coefficient (Wildman–Crippen LogP) is 5.27. The summed E-state index contributed by atoms with van der Waals surface area (Å²) in [5, 5.41) is 12.6. The van der Waals surface area contributed by atoms with Crippen LogP contribution in [-0.2, 0) is 23.5 Å². The number of halogens is 6. The zero-order valence-corrected chi connectivity index (χ0v) is 23.1. The molecule has 226 valence electrons. The summed E-state index contributed by atoms with van der Waals surface area (Å²) in [5.41, 5.74) is -3.32. The molecular formula is C30H32F6N4O2. The van der Waals surface area contributed by atoms with E-state index in [1.54, 1.807) is 24.5 Å². The molecule has 6 nitrogen and oxygen atoms in total. The molecule has 0 spiro atoms. The van der Waals surface area contributed by atoms with Crippen molar-refractivity contribution in [2.24, 2.45) is 0 Å². The fraction of sp³-hybridized carbons (Fsp3) is 0.400. The highest BCUT2D eigenvalue weighted by Crippen LogP contribution is 2.50. The van der Waals surface area contributed by atoms with Crippen LogP contribution >= 0.6 is 0 Å². The van der Waals surface area contributed by atoms with E-state index in [1.165, 1.54) is 0 Å². The van der Waals surface area contributed by atoms with Gasteiger partial charge in [-0.3, -0.25) is 19.6 Å². The molecule has 4 rings (SSSR count). The van der Waals surface area contributed by atoms with Gasteiger partial charge in [0.05, 0.1) is 0 Å². The molecule has 42 heavy (non-hydrogen) atoms. The normalized spacial score (nSPS) is 17.4. The molecule has 1 aliphatic heterocycles. The lowest BCUT2D eigenvalue weighted by Gasteiger charge is -2.41. The fourth-order valence-electron chi connectivity index (χ4n) is 5.01. The molecule has 1 aromatic heterocycles. The van der Waals surface area contributed by atoms with Gasteiger partial charge in [-0.25, -0.2) is 0 Å². The van der Waals surface area contributed by atoms with Crippen LogP contribution in [0, 0.1) is 0 Å². The van der Waals surface area contributed by atoms with Crippen molar-refractivity contribution in [2.45, 2.75) is 57.0 Å². The number of piperazine rings is 1. The van der Waals surface area contributed by atoms with Crippen LogP contribution in [0.5, 0.6) is 0 Å². The number of rotatable bonds is 8. The fourth-order valence-corrected chi connectivity index (χ4v) is 5.01. The lowest BCUT2D eigenvalue weighted by Crippen LogP contribution is -2.59. The number of pyridine rings is 1. The monoisotopic (exact) mass is 594 g/mol. The second kappa shape index (κ2) is 12.4. The largest absolute Gasteiger partial charge is 0.430 e. The van der Waals surface area contributed by atoms with Crippen LogP contribution in [0.3, 0.4) is 0 Å². The van der Waals surface area contributed by atoms with E-state index in [1.807, 2.05) is 38.1 Å². The Labute approximate surface area is 240 Å². The van der Waals surface area contributed by atoms with E-state index < -0.39 is 29.6 Å². The maximum atomic E-state index is 13.2. The summed E-state index contributed by atoms with van der Waals surface area (Å²) >= 11 is 0. The van der Waals surface area contributed by atoms with Crippen LogP contribution in [0.4, 0.5) is 26.3 Å². The molecule has 0 bridgehead atoms. The summed E-state index contributed by atoms with van der Waals surface area (Å²) in [6.45, 7) is 6.90. The van der Waals surface area contributed by atoms with Crippen molar-refractivity contribution in [3.63, 3.8) is 0 Å². The maximum absolute atomic E-state index is 13.2. The number of nitrogens with zero attached hydrogens (tertiary/aromatic N) is 3. The first kappa shape index (κ1) is 31.5. The second-order valence-corrected chi connectivity index (χ2v) is 10.7. The van der Waals surface area contributed by atoms with Crippen LogP contribution in [-0.4, -0.2) is 69.9 Å². The van der Waals surface area contributed by atoms with Crippen LogP contribution in [0.25, 0.3) is 11.1 Å². The number of hydrogen-bond donors (Lipinski definition) is 2. The molecule has 0 aliphatic carbocycles. The summed E-state index contributed by atoms with van der Waals surface area (Å²) in [4.78, 5) is 21.5. The standard InChI is InChI=1S/C30H32F6N4O2/c1-20(2)38-27(41)26-19-39(17-22-11-13-37-14-12-22)15-16-40(26)18-21-3-5-23(6-4-21)24-7-9-25(10-8-24)28(42,29(31,32)33)30(34,35)36/h3-14,20,26,42H,15-19H2,1-2H3,(H,38,41). The lowest BCUT2D eigenvalue weighted by atomic mass is 9.90. The first-order chi connectivity index (χ1) is 19.7. The third-order valence-corrected chi connectivity index (χ3v) is 7.26. The van der Waals surface area contributed by atoms with Gasteiger partial charge in [-0.15, -0.1) is 0 Å². The van der Waals surface area contributed by atoms with E-state index in [4.69, 9.17) is 0 Å². The van der Waals surface area contributed by atoms with Gasteiger partial charge in [-0.1, -0.05) is 48.5 Å². The van der Waals surface area contributed by atoms with Gasteiger partial charge in [-0.05, 0) is 48.2 Å². The molecule has 0 radical (unpaired) electrons. The van der Waals surface area contributed by atoms with Gasteiger partial charge in [0.1, 0.15) is 6.04 Å².